The van der Waals surface area contributed by atoms with Gasteiger partial charge in [-0.2, -0.15) is 0 Å². The Bertz CT molecular complexity index is 925. The Morgan fingerprint density at radius 3 is 2.17 bits per heavy atom. The van der Waals surface area contributed by atoms with E-state index in [0.717, 1.165) is 12.8 Å². The maximum Gasteiger partial charge on any atom is 0.253 e. The summed E-state index contributed by atoms with van der Waals surface area (Å²) in [6.45, 7) is 3.67. The topological polar surface area (TPSA) is 87.3 Å². The second-order valence-corrected chi connectivity index (χ2v) is 7.86. The zero-order chi connectivity index (χ0) is 21.0. The number of benzene rings is 2. The molecule has 0 aliphatic heterocycles. The van der Waals surface area contributed by atoms with E-state index in [1.165, 1.54) is 0 Å². The van der Waals surface area contributed by atoms with E-state index in [-0.39, 0.29) is 17.9 Å². The Morgan fingerprint density at radius 2 is 1.55 bits per heavy atom. The lowest BCUT2D eigenvalue weighted by Crippen LogP contribution is -2.47. The fraction of sp³-hybridized carbons (Fsp3) is 0.318. The van der Waals surface area contributed by atoms with Gasteiger partial charge in [0.25, 0.3) is 11.8 Å². The van der Waals surface area contributed by atoms with Crippen molar-refractivity contribution in [3.63, 3.8) is 0 Å². The third-order valence-electron chi connectivity index (χ3n) is 4.70. The Hall–Kier alpha value is -2.86. The smallest absolute Gasteiger partial charge is 0.253 e. The van der Waals surface area contributed by atoms with Gasteiger partial charge in [0.15, 0.2) is 0 Å². The lowest BCUT2D eigenvalue weighted by molar-refractivity contribution is -0.118. The summed E-state index contributed by atoms with van der Waals surface area (Å²) in [5.41, 5.74) is 1.11. The normalized spacial score (nSPS) is 14.2. The predicted octanol–water partition coefficient (Wildman–Crippen LogP) is 3.63. The molecule has 3 rings (SSSR count). The number of carbonyl (C=O) groups is 3. The van der Waals surface area contributed by atoms with Gasteiger partial charge in [0.05, 0.1) is 21.8 Å². The Balaban J connectivity index is 1.74. The highest BCUT2D eigenvalue weighted by Crippen LogP contribution is 2.22. The first-order valence-electron chi connectivity index (χ1n) is 9.63. The molecule has 0 bridgehead atoms. The SMILES string of the molecule is CC(C)[C@H](NC(=O)c1ccccc1Cl)C(=O)Nc1ccccc1C(=O)NC1CC1. The van der Waals surface area contributed by atoms with Crippen molar-refractivity contribution < 1.29 is 14.4 Å². The van der Waals surface area contributed by atoms with Gasteiger partial charge in [-0.25, -0.2) is 0 Å². The van der Waals surface area contributed by atoms with Gasteiger partial charge < -0.3 is 16.0 Å². The molecule has 152 valence electrons. The van der Waals surface area contributed by atoms with Crippen LogP contribution in [0.1, 0.15) is 47.4 Å². The summed E-state index contributed by atoms with van der Waals surface area (Å²) in [4.78, 5) is 38.0. The molecule has 3 N–H and O–H groups in total. The highest BCUT2D eigenvalue weighted by molar-refractivity contribution is 6.33. The number of carbonyl (C=O) groups excluding carboxylic acids is 3. The lowest BCUT2D eigenvalue weighted by Gasteiger charge is -2.22. The first-order chi connectivity index (χ1) is 13.9. The van der Waals surface area contributed by atoms with Gasteiger partial charge >= 0.3 is 0 Å². The van der Waals surface area contributed by atoms with Crippen LogP contribution in [-0.4, -0.2) is 29.8 Å². The standard InChI is InChI=1S/C22H24ClN3O3/c1-13(2)19(26-20(27)15-7-3-5-9-17(15)23)22(29)25-18-10-6-4-8-16(18)21(28)24-14-11-12-14/h3-10,13-14,19H,11-12H2,1-2H3,(H,24,28)(H,25,29)(H,26,27)/t19-/m0/s1. The van der Waals surface area contributed by atoms with Gasteiger partial charge in [-0.3, -0.25) is 14.4 Å². The molecule has 1 atom stereocenters. The van der Waals surface area contributed by atoms with Crippen molar-refractivity contribution in [2.75, 3.05) is 5.32 Å². The van der Waals surface area contributed by atoms with Crippen LogP contribution in [0.15, 0.2) is 48.5 Å². The first kappa shape index (κ1) is 20.9. The van der Waals surface area contributed by atoms with E-state index in [2.05, 4.69) is 16.0 Å². The van der Waals surface area contributed by atoms with E-state index >= 15 is 0 Å². The largest absolute Gasteiger partial charge is 0.349 e. The number of hydrogen-bond acceptors (Lipinski definition) is 3. The molecule has 6 nitrogen and oxygen atoms in total. The molecule has 0 spiro atoms. The van der Waals surface area contributed by atoms with Crippen molar-refractivity contribution in [3.05, 3.63) is 64.7 Å². The average Bonchev–Trinajstić information content (AvgIpc) is 3.50. The Kier molecular flexibility index (Phi) is 6.54. The van der Waals surface area contributed by atoms with Crippen LogP contribution in [-0.2, 0) is 4.79 Å². The molecule has 0 radical (unpaired) electrons. The van der Waals surface area contributed by atoms with Gasteiger partial charge in [0, 0.05) is 6.04 Å². The van der Waals surface area contributed by atoms with Crippen LogP contribution in [0.4, 0.5) is 5.69 Å². The Morgan fingerprint density at radius 1 is 0.931 bits per heavy atom. The molecule has 0 unspecified atom stereocenters. The van der Waals surface area contributed by atoms with Crippen LogP contribution in [0.25, 0.3) is 0 Å². The van der Waals surface area contributed by atoms with Crippen LogP contribution < -0.4 is 16.0 Å². The summed E-state index contributed by atoms with van der Waals surface area (Å²) in [7, 11) is 0. The van der Waals surface area contributed by atoms with Crippen LogP contribution in [0.3, 0.4) is 0 Å². The van der Waals surface area contributed by atoms with Crippen molar-refractivity contribution in [3.8, 4) is 0 Å². The fourth-order valence-corrected chi connectivity index (χ4v) is 3.11. The number of anilines is 1. The van der Waals surface area contributed by atoms with Crippen molar-refractivity contribution in [1.82, 2.24) is 10.6 Å². The summed E-state index contributed by atoms with van der Waals surface area (Å²) < 4.78 is 0. The lowest BCUT2D eigenvalue weighted by atomic mass is 10.0. The molecule has 29 heavy (non-hydrogen) atoms. The number of nitrogens with one attached hydrogen (secondary N) is 3. The number of para-hydroxylation sites is 1. The molecule has 1 saturated carbocycles. The minimum atomic E-state index is -0.793. The maximum atomic E-state index is 12.9. The fourth-order valence-electron chi connectivity index (χ4n) is 2.89. The van der Waals surface area contributed by atoms with Crippen molar-refractivity contribution in [2.45, 2.75) is 38.8 Å². The van der Waals surface area contributed by atoms with Crippen LogP contribution in [0.2, 0.25) is 5.02 Å². The summed E-state index contributed by atoms with van der Waals surface area (Å²) in [6, 6.07) is 12.9. The molecule has 1 aliphatic carbocycles. The highest BCUT2D eigenvalue weighted by atomic mass is 35.5. The van der Waals surface area contributed by atoms with E-state index in [9.17, 15) is 14.4 Å². The molecule has 2 aromatic rings. The zero-order valence-electron chi connectivity index (χ0n) is 16.4. The molecule has 3 amide bonds. The molecule has 1 aliphatic rings. The van der Waals surface area contributed by atoms with Gasteiger partial charge in [0.2, 0.25) is 5.91 Å². The zero-order valence-corrected chi connectivity index (χ0v) is 17.1. The van der Waals surface area contributed by atoms with E-state index < -0.39 is 17.9 Å². The second-order valence-electron chi connectivity index (χ2n) is 7.46. The molecule has 0 heterocycles. The summed E-state index contributed by atoms with van der Waals surface area (Å²) in [5, 5.41) is 8.77. The van der Waals surface area contributed by atoms with E-state index in [1.54, 1.807) is 48.5 Å². The third-order valence-corrected chi connectivity index (χ3v) is 5.03. The second kappa shape index (κ2) is 9.09. The van der Waals surface area contributed by atoms with Crippen molar-refractivity contribution in [1.29, 1.82) is 0 Å². The van der Waals surface area contributed by atoms with E-state index in [4.69, 9.17) is 11.6 Å². The molecular weight excluding hydrogens is 390 g/mol. The molecule has 0 saturated heterocycles. The Labute approximate surface area is 175 Å². The average molecular weight is 414 g/mol. The first-order valence-corrected chi connectivity index (χ1v) is 10.0. The van der Waals surface area contributed by atoms with Gasteiger partial charge in [-0.15, -0.1) is 0 Å². The summed E-state index contributed by atoms with van der Waals surface area (Å²) >= 11 is 6.09. The number of amides is 3. The molecule has 7 heteroatoms. The van der Waals surface area contributed by atoms with Crippen molar-refractivity contribution >= 4 is 35.0 Å². The van der Waals surface area contributed by atoms with Crippen LogP contribution >= 0.6 is 11.6 Å². The van der Waals surface area contributed by atoms with Gasteiger partial charge in [-0.1, -0.05) is 49.7 Å². The minimum absolute atomic E-state index is 0.172. The third kappa shape index (κ3) is 5.35. The highest BCUT2D eigenvalue weighted by Gasteiger charge is 2.28. The number of halogens is 1. The van der Waals surface area contributed by atoms with Gasteiger partial charge in [-0.05, 0) is 43.0 Å². The van der Waals surface area contributed by atoms with E-state index in [0.29, 0.717) is 21.8 Å². The van der Waals surface area contributed by atoms with Crippen LogP contribution in [0.5, 0.6) is 0 Å². The summed E-state index contributed by atoms with van der Waals surface area (Å²) in [6.07, 6.45) is 1.95. The number of hydrogen-bond donors (Lipinski definition) is 3. The van der Waals surface area contributed by atoms with Crippen molar-refractivity contribution in [2.24, 2.45) is 5.92 Å². The van der Waals surface area contributed by atoms with Gasteiger partial charge in [0.1, 0.15) is 6.04 Å². The van der Waals surface area contributed by atoms with E-state index in [1.807, 2.05) is 13.8 Å². The molecule has 2 aromatic carbocycles. The maximum absolute atomic E-state index is 12.9. The molecule has 0 aromatic heterocycles. The minimum Gasteiger partial charge on any atom is -0.349 e. The molecule has 1 fully saturated rings. The summed E-state index contributed by atoms with van der Waals surface area (Å²) in [5.74, 6) is -1.21. The van der Waals surface area contributed by atoms with Crippen LogP contribution in [0, 0.1) is 5.92 Å². The number of rotatable bonds is 7. The predicted molar refractivity (Wildman–Crippen MR) is 113 cm³/mol. The quantitative estimate of drug-likeness (QED) is 0.647. The molecular formula is C22H24ClN3O3. The monoisotopic (exact) mass is 413 g/mol.